The van der Waals surface area contributed by atoms with Crippen LogP contribution in [0.2, 0.25) is 0 Å². The van der Waals surface area contributed by atoms with Crippen LogP contribution in [-0.4, -0.2) is 25.7 Å². The Morgan fingerprint density at radius 1 is 1.19 bits per heavy atom. The Morgan fingerprint density at radius 2 is 2.00 bits per heavy atom. The predicted molar refractivity (Wildman–Crippen MR) is 79.6 cm³/mol. The van der Waals surface area contributed by atoms with E-state index in [9.17, 15) is 13.2 Å². The highest BCUT2D eigenvalue weighted by atomic mass is 32.2. The van der Waals surface area contributed by atoms with Crippen molar-refractivity contribution in [2.24, 2.45) is 0 Å². The summed E-state index contributed by atoms with van der Waals surface area (Å²) in [6.07, 6.45) is 2.76. The van der Waals surface area contributed by atoms with Crippen LogP contribution in [0.3, 0.4) is 0 Å². The van der Waals surface area contributed by atoms with E-state index < -0.39 is 15.9 Å². The maximum Gasteiger partial charge on any atom is 0.319 e. The maximum atomic E-state index is 11.7. The minimum atomic E-state index is -3.30. The molecule has 0 saturated heterocycles. The molecule has 0 aliphatic rings. The minimum absolute atomic E-state index is 0.157. The van der Waals surface area contributed by atoms with Gasteiger partial charge in [0.15, 0.2) is 9.84 Å². The largest absolute Gasteiger partial charge is 0.332 e. The number of benzene rings is 1. The molecule has 2 aromatic rings. The Labute approximate surface area is 123 Å². The summed E-state index contributed by atoms with van der Waals surface area (Å²) in [6.45, 7) is 0.290. The fraction of sp³-hybridized carbons (Fsp3) is 0.143. The van der Waals surface area contributed by atoms with E-state index in [2.05, 4.69) is 15.6 Å². The van der Waals surface area contributed by atoms with Gasteiger partial charge >= 0.3 is 6.03 Å². The van der Waals surface area contributed by atoms with E-state index in [1.165, 1.54) is 12.1 Å². The normalized spacial score (nSPS) is 10.9. The number of hydrogen-bond donors (Lipinski definition) is 2. The number of aromatic nitrogens is 1. The van der Waals surface area contributed by atoms with E-state index in [0.29, 0.717) is 12.2 Å². The number of carbonyl (C=O) groups is 1. The van der Waals surface area contributed by atoms with Crippen molar-refractivity contribution < 1.29 is 13.2 Å². The van der Waals surface area contributed by atoms with Crippen molar-refractivity contribution in [1.29, 1.82) is 0 Å². The molecule has 7 heteroatoms. The van der Waals surface area contributed by atoms with Gasteiger partial charge in [-0.05, 0) is 30.3 Å². The van der Waals surface area contributed by atoms with Gasteiger partial charge in [-0.2, -0.15) is 0 Å². The molecule has 1 heterocycles. The molecule has 1 aromatic heterocycles. The lowest BCUT2D eigenvalue weighted by molar-refractivity contribution is 0.251. The molecule has 110 valence electrons. The third kappa shape index (κ3) is 4.57. The molecule has 0 fully saturated rings. The smallest absolute Gasteiger partial charge is 0.319 e. The molecule has 0 aliphatic carbocycles. The molecule has 21 heavy (non-hydrogen) atoms. The van der Waals surface area contributed by atoms with Gasteiger partial charge in [-0.25, -0.2) is 13.2 Å². The highest BCUT2D eigenvalue weighted by molar-refractivity contribution is 7.90. The Kier molecular flexibility index (Phi) is 4.54. The van der Waals surface area contributed by atoms with E-state index in [0.717, 1.165) is 11.9 Å². The Hall–Kier alpha value is -2.41. The van der Waals surface area contributed by atoms with E-state index >= 15 is 0 Å². The van der Waals surface area contributed by atoms with Crippen LogP contribution in [0.1, 0.15) is 5.69 Å². The average Bonchev–Trinajstić information content (AvgIpc) is 2.46. The Morgan fingerprint density at radius 3 is 2.67 bits per heavy atom. The van der Waals surface area contributed by atoms with E-state index in [4.69, 9.17) is 0 Å². The second-order valence-corrected chi connectivity index (χ2v) is 6.44. The van der Waals surface area contributed by atoms with Crippen LogP contribution in [-0.2, 0) is 16.4 Å². The monoisotopic (exact) mass is 305 g/mol. The second-order valence-electron chi connectivity index (χ2n) is 4.43. The zero-order valence-electron chi connectivity index (χ0n) is 11.4. The topological polar surface area (TPSA) is 88.2 Å². The summed E-state index contributed by atoms with van der Waals surface area (Å²) in [5, 5.41) is 5.23. The van der Waals surface area contributed by atoms with Crippen molar-refractivity contribution in [2.45, 2.75) is 11.4 Å². The van der Waals surface area contributed by atoms with Gasteiger partial charge in [0, 0.05) is 18.1 Å². The van der Waals surface area contributed by atoms with Gasteiger partial charge in [-0.3, -0.25) is 4.98 Å². The van der Waals surface area contributed by atoms with Gasteiger partial charge in [0.25, 0.3) is 0 Å². The predicted octanol–water partition coefficient (Wildman–Crippen LogP) is 1.81. The van der Waals surface area contributed by atoms with Crippen molar-refractivity contribution in [3.8, 4) is 0 Å². The molecule has 2 rings (SSSR count). The highest BCUT2D eigenvalue weighted by Crippen LogP contribution is 2.15. The number of sulfone groups is 1. The molecule has 0 saturated carbocycles. The standard InChI is InChI=1S/C14H15N3O3S/c1-21(19,20)13-7-4-6-11(9-13)17-14(18)16-10-12-5-2-3-8-15-12/h2-9H,10H2,1H3,(H2,16,17,18). The minimum Gasteiger partial charge on any atom is -0.332 e. The Bertz CT molecular complexity index is 730. The van der Waals surface area contributed by atoms with Crippen LogP contribution < -0.4 is 10.6 Å². The SMILES string of the molecule is CS(=O)(=O)c1cccc(NC(=O)NCc2ccccn2)c1. The van der Waals surface area contributed by atoms with Crippen molar-refractivity contribution in [3.63, 3.8) is 0 Å². The number of hydrogen-bond acceptors (Lipinski definition) is 4. The fourth-order valence-electron chi connectivity index (χ4n) is 1.65. The van der Waals surface area contributed by atoms with E-state index in [1.54, 1.807) is 30.5 Å². The number of pyridine rings is 1. The number of amides is 2. The molecule has 6 nitrogen and oxygen atoms in total. The first kappa shape index (κ1) is 15.0. The van der Waals surface area contributed by atoms with Gasteiger partial charge in [0.1, 0.15) is 0 Å². The molecule has 0 aliphatic heterocycles. The first-order chi connectivity index (χ1) is 9.95. The summed E-state index contributed by atoms with van der Waals surface area (Å²) in [4.78, 5) is 16.0. The molecule has 0 unspecified atom stereocenters. The summed E-state index contributed by atoms with van der Waals surface area (Å²) in [6, 6.07) is 11.1. The van der Waals surface area contributed by atoms with E-state index in [1.807, 2.05) is 6.07 Å². The van der Waals surface area contributed by atoms with Crippen LogP contribution in [0.5, 0.6) is 0 Å². The van der Waals surface area contributed by atoms with Crippen LogP contribution in [0.25, 0.3) is 0 Å². The quantitative estimate of drug-likeness (QED) is 0.901. The molecule has 0 spiro atoms. The Balaban J connectivity index is 1.97. The number of rotatable bonds is 4. The number of carbonyl (C=O) groups excluding carboxylic acids is 1. The first-order valence-electron chi connectivity index (χ1n) is 6.20. The highest BCUT2D eigenvalue weighted by Gasteiger charge is 2.08. The lowest BCUT2D eigenvalue weighted by Gasteiger charge is -2.08. The number of nitrogens with zero attached hydrogens (tertiary/aromatic N) is 1. The van der Waals surface area contributed by atoms with Gasteiger partial charge < -0.3 is 10.6 Å². The molecule has 2 N–H and O–H groups in total. The molecule has 0 radical (unpaired) electrons. The molecule has 0 atom stereocenters. The maximum absolute atomic E-state index is 11.7. The number of nitrogens with one attached hydrogen (secondary N) is 2. The molecule has 0 bridgehead atoms. The second kappa shape index (κ2) is 6.36. The van der Waals surface area contributed by atoms with E-state index in [-0.39, 0.29) is 4.90 Å². The van der Waals surface area contributed by atoms with Crippen LogP contribution in [0.4, 0.5) is 10.5 Å². The summed E-state index contributed by atoms with van der Waals surface area (Å²) in [5.74, 6) is 0. The molecular formula is C14H15N3O3S. The van der Waals surface area contributed by atoms with Crippen LogP contribution >= 0.6 is 0 Å². The number of anilines is 1. The van der Waals surface area contributed by atoms with Gasteiger partial charge in [-0.15, -0.1) is 0 Å². The van der Waals surface area contributed by atoms with Crippen molar-refractivity contribution in [2.75, 3.05) is 11.6 Å². The van der Waals surface area contributed by atoms with Crippen molar-refractivity contribution >= 4 is 21.6 Å². The van der Waals surface area contributed by atoms with Crippen LogP contribution in [0.15, 0.2) is 53.6 Å². The van der Waals surface area contributed by atoms with Gasteiger partial charge in [0.05, 0.1) is 17.1 Å². The zero-order valence-corrected chi connectivity index (χ0v) is 12.2. The lowest BCUT2D eigenvalue weighted by Crippen LogP contribution is -2.28. The zero-order chi connectivity index (χ0) is 15.3. The molecular weight excluding hydrogens is 290 g/mol. The lowest BCUT2D eigenvalue weighted by atomic mass is 10.3. The third-order valence-electron chi connectivity index (χ3n) is 2.68. The van der Waals surface area contributed by atoms with Crippen molar-refractivity contribution in [1.82, 2.24) is 10.3 Å². The summed E-state index contributed by atoms with van der Waals surface area (Å²) in [7, 11) is -3.30. The fourth-order valence-corrected chi connectivity index (χ4v) is 2.32. The number of urea groups is 1. The van der Waals surface area contributed by atoms with Crippen molar-refractivity contribution in [3.05, 3.63) is 54.4 Å². The van der Waals surface area contributed by atoms with Gasteiger partial charge in [-0.1, -0.05) is 12.1 Å². The van der Waals surface area contributed by atoms with Crippen LogP contribution in [0, 0.1) is 0 Å². The summed E-state index contributed by atoms with van der Waals surface area (Å²) in [5.41, 5.74) is 1.15. The summed E-state index contributed by atoms with van der Waals surface area (Å²) < 4.78 is 22.9. The third-order valence-corrected chi connectivity index (χ3v) is 3.79. The summed E-state index contributed by atoms with van der Waals surface area (Å²) >= 11 is 0. The molecule has 1 aromatic carbocycles. The average molecular weight is 305 g/mol. The van der Waals surface area contributed by atoms with Gasteiger partial charge in [0.2, 0.25) is 0 Å². The molecule has 2 amide bonds. The first-order valence-corrected chi connectivity index (χ1v) is 8.09.